The molecular formula is C21H31N3O2. The molecule has 26 heavy (non-hydrogen) atoms. The predicted octanol–water partition coefficient (Wildman–Crippen LogP) is 2.96. The predicted molar refractivity (Wildman–Crippen MR) is 104 cm³/mol. The first kappa shape index (κ1) is 18.7. The molecule has 5 heteroatoms. The largest absolute Gasteiger partial charge is 0.371 e. The fraction of sp³-hybridized carbons (Fsp3) is 0.619. The third kappa shape index (κ3) is 4.77. The van der Waals surface area contributed by atoms with Crippen LogP contribution in [0.25, 0.3) is 0 Å². The number of nitrogens with one attached hydrogen (secondary N) is 2. The van der Waals surface area contributed by atoms with Crippen LogP contribution >= 0.6 is 0 Å². The number of carbonyl (C=O) groups is 2. The second-order valence-corrected chi connectivity index (χ2v) is 7.78. The van der Waals surface area contributed by atoms with E-state index in [2.05, 4.69) is 29.4 Å². The summed E-state index contributed by atoms with van der Waals surface area (Å²) in [6.07, 6.45) is 5.01. The summed E-state index contributed by atoms with van der Waals surface area (Å²) in [6, 6.07) is 8.11. The molecule has 1 aliphatic heterocycles. The molecule has 0 spiro atoms. The minimum atomic E-state index is 0.00468. The van der Waals surface area contributed by atoms with E-state index in [9.17, 15) is 9.59 Å². The number of carbonyl (C=O) groups excluding carboxylic acids is 2. The van der Waals surface area contributed by atoms with E-state index in [0.717, 1.165) is 56.4 Å². The van der Waals surface area contributed by atoms with E-state index >= 15 is 0 Å². The van der Waals surface area contributed by atoms with Crippen molar-refractivity contribution >= 4 is 17.5 Å². The number of piperidine rings is 1. The van der Waals surface area contributed by atoms with Crippen LogP contribution in [0.15, 0.2) is 24.3 Å². The van der Waals surface area contributed by atoms with Gasteiger partial charge in [-0.2, -0.15) is 0 Å². The van der Waals surface area contributed by atoms with Crippen LogP contribution in [-0.2, 0) is 4.79 Å². The molecule has 1 saturated carbocycles. The van der Waals surface area contributed by atoms with Crippen LogP contribution < -0.4 is 15.5 Å². The first-order valence-corrected chi connectivity index (χ1v) is 10.0. The average Bonchev–Trinajstić information content (AvgIpc) is 3.52. The smallest absolute Gasteiger partial charge is 0.253 e. The lowest BCUT2D eigenvalue weighted by Gasteiger charge is -2.35. The summed E-state index contributed by atoms with van der Waals surface area (Å²) < 4.78 is 0. The van der Waals surface area contributed by atoms with Crippen LogP contribution in [0.5, 0.6) is 0 Å². The second kappa shape index (κ2) is 8.56. The van der Waals surface area contributed by atoms with Gasteiger partial charge >= 0.3 is 0 Å². The molecule has 2 fully saturated rings. The van der Waals surface area contributed by atoms with Crippen LogP contribution in [0.4, 0.5) is 5.69 Å². The van der Waals surface area contributed by atoms with Gasteiger partial charge in [0.2, 0.25) is 5.91 Å². The number of anilines is 1. The molecule has 2 aliphatic rings. The van der Waals surface area contributed by atoms with Gasteiger partial charge in [-0.25, -0.2) is 0 Å². The number of nitrogens with zero attached hydrogens (tertiary/aromatic N) is 1. The average molecular weight is 357 g/mol. The van der Waals surface area contributed by atoms with E-state index in [1.807, 2.05) is 24.3 Å². The highest BCUT2D eigenvalue weighted by molar-refractivity contribution is 5.99. The molecule has 1 atom stereocenters. The Hall–Kier alpha value is -2.04. The molecule has 2 amide bonds. The van der Waals surface area contributed by atoms with Crippen molar-refractivity contribution in [3.05, 3.63) is 29.8 Å². The second-order valence-electron chi connectivity index (χ2n) is 7.78. The van der Waals surface area contributed by atoms with Gasteiger partial charge in [-0.15, -0.1) is 0 Å². The van der Waals surface area contributed by atoms with Crippen molar-refractivity contribution in [1.82, 2.24) is 10.6 Å². The molecule has 0 radical (unpaired) electrons. The fourth-order valence-corrected chi connectivity index (χ4v) is 3.38. The molecule has 2 N–H and O–H groups in total. The van der Waals surface area contributed by atoms with Crippen molar-refractivity contribution in [3.8, 4) is 0 Å². The number of rotatable bonds is 7. The molecule has 0 aromatic heterocycles. The summed E-state index contributed by atoms with van der Waals surface area (Å²) >= 11 is 0. The number of amides is 2. The minimum absolute atomic E-state index is 0.00468. The van der Waals surface area contributed by atoms with E-state index in [0.29, 0.717) is 12.5 Å². The van der Waals surface area contributed by atoms with Crippen molar-refractivity contribution < 1.29 is 9.59 Å². The first-order chi connectivity index (χ1) is 12.6. The van der Waals surface area contributed by atoms with Crippen molar-refractivity contribution in [2.24, 2.45) is 11.8 Å². The summed E-state index contributed by atoms with van der Waals surface area (Å²) in [7, 11) is 0. The van der Waals surface area contributed by atoms with Crippen LogP contribution in [0, 0.1) is 11.8 Å². The summed E-state index contributed by atoms with van der Waals surface area (Å²) in [5.74, 6) is 0.984. The summed E-state index contributed by atoms with van der Waals surface area (Å²) in [6.45, 7) is 6.72. The van der Waals surface area contributed by atoms with Gasteiger partial charge < -0.3 is 15.5 Å². The standard InChI is InChI=1S/C21H31N3O2/c1-3-15(2)14-22-21(26)18-6-4-5-7-19(18)24-12-10-17(11-13-24)23-20(25)16-8-9-16/h4-7,15-17H,3,8-14H2,1-2H3,(H,22,26)(H,23,25)/t15-/m1/s1. The molecular weight excluding hydrogens is 326 g/mol. The van der Waals surface area contributed by atoms with E-state index in [4.69, 9.17) is 0 Å². The SMILES string of the molecule is CC[C@@H](C)CNC(=O)c1ccccc1N1CCC(NC(=O)C2CC2)CC1. The lowest BCUT2D eigenvalue weighted by Crippen LogP contribution is -2.45. The van der Waals surface area contributed by atoms with Gasteiger partial charge in [-0.05, 0) is 43.7 Å². The third-order valence-corrected chi connectivity index (χ3v) is 5.59. The Morgan fingerprint density at radius 3 is 2.50 bits per heavy atom. The van der Waals surface area contributed by atoms with E-state index in [1.54, 1.807) is 0 Å². The van der Waals surface area contributed by atoms with Gasteiger partial charge in [0.1, 0.15) is 0 Å². The van der Waals surface area contributed by atoms with Gasteiger partial charge in [0, 0.05) is 37.3 Å². The fourth-order valence-electron chi connectivity index (χ4n) is 3.38. The lowest BCUT2D eigenvalue weighted by molar-refractivity contribution is -0.123. The Kier molecular flexibility index (Phi) is 6.17. The highest BCUT2D eigenvalue weighted by Crippen LogP contribution is 2.30. The maximum absolute atomic E-state index is 12.6. The van der Waals surface area contributed by atoms with Crippen molar-refractivity contribution in [2.75, 3.05) is 24.5 Å². The topological polar surface area (TPSA) is 61.4 Å². The molecule has 1 aromatic rings. The van der Waals surface area contributed by atoms with Crippen molar-refractivity contribution in [3.63, 3.8) is 0 Å². The summed E-state index contributed by atoms with van der Waals surface area (Å²) in [4.78, 5) is 26.8. The molecule has 142 valence electrons. The zero-order chi connectivity index (χ0) is 18.5. The summed E-state index contributed by atoms with van der Waals surface area (Å²) in [5, 5.41) is 6.25. The van der Waals surface area contributed by atoms with Crippen LogP contribution in [0.3, 0.4) is 0 Å². The minimum Gasteiger partial charge on any atom is -0.371 e. The van der Waals surface area contributed by atoms with Gasteiger partial charge in [0.25, 0.3) is 5.91 Å². The number of hydrogen-bond acceptors (Lipinski definition) is 3. The highest BCUT2D eigenvalue weighted by Gasteiger charge is 2.32. The first-order valence-electron chi connectivity index (χ1n) is 10.0. The molecule has 1 aliphatic carbocycles. The van der Waals surface area contributed by atoms with E-state index < -0.39 is 0 Å². The van der Waals surface area contributed by atoms with Crippen LogP contribution in [0.2, 0.25) is 0 Å². The number of hydrogen-bond donors (Lipinski definition) is 2. The number of benzene rings is 1. The zero-order valence-electron chi connectivity index (χ0n) is 16.0. The Bertz CT molecular complexity index is 634. The highest BCUT2D eigenvalue weighted by atomic mass is 16.2. The quantitative estimate of drug-likeness (QED) is 0.789. The van der Waals surface area contributed by atoms with Crippen molar-refractivity contribution in [2.45, 2.75) is 52.0 Å². The molecule has 1 saturated heterocycles. The van der Waals surface area contributed by atoms with Gasteiger partial charge in [0.05, 0.1) is 5.56 Å². The van der Waals surface area contributed by atoms with E-state index in [-0.39, 0.29) is 23.8 Å². The monoisotopic (exact) mass is 357 g/mol. The Balaban J connectivity index is 1.57. The van der Waals surface area contributed by atoms with Gasteiger partial charge in [-0.3, -0.25) is 9.59 Å². The normalized spacial score (nSPS) is 19.1. The molecule has 3 rings (SSSR count). The van der Waals surface area contributed by atoms with E-state index in [1.165, 1.54) is 0 Å². The molecule has 5 nitrogen and oxygen atoms in total. The maximum atomic E-state index is 12.6. The maximum Gasteiger partial charge on any atom is 0.253 e. The van der Waals surface area contributed by atoms with Gasteiger partial charge in [0.15, 0.2) is 0 Å². The lowest BCUT2D eigenvalue weighted by atomic mass is 10.0. The Labute approximate surface area is 156 Å². The Morgan fingerprint density at radius 2 is 1.85 bits per heavy atom. The van der Waals surface area contributed by atoms with Crippen LogP contribution in [0.1, 0.15) is 56.3 Å². The van der Waals surface area contributed by atoms with Crippen LogP contribution in [-0.4, -0.2) is 37.5 Å². The molecule has 1 heterocycles. The van der Waals surface area contributed by atoms with Gasteiger partial charge in [-0.1, -0.05) is 32.4 Å². The molecule has 0 unspecified atom stereocenters. The molecule has 0 bridgehead atoms. The molecule has 1 aromatic carbocycles. The third-order valence-electron chi connectivity index (χ3n) is 5.59. The van der Waals surface area contributed by atoms with Crippen molar-refractivity contribution in [1.29, 1.82) is 0 Å². The number of para-hydroxylation sites is 1. The summed E-state index contributed by atoms with van der Waals surface area (Å²) in [5.41, 5.74) is 1.75. The Morgan fingerprint density at radius 1 is 1.15 bits per heavy atom. The zero-order valence-corrected chi connectivity index (χ0v) is 16.0.